The van der Waals surface area contributed by atoms with Crippen molar-refractivity contribution in [2.24, 2.45) is 11.5 Å². The summed E-state index contributed by atoms with van der Waals surface area (Å²) in [5.74, 6) is 0. The minimum atomic E-state index is 0.634. The second-order valence-electron chi connectivity index (χ2n) is 3.83. The van der Waals surface area contributed by atoms with Crippen molar-refractivity contribution in [1.82, 2.24) is 0 Å². The van der Waals surface area contributed by atoms with Gasteiger partial charge >= 0.3 is 0 Å². The van der Waals surface area contributed by atoms with E-state index in [4.69, 9.17) is 25.7 Å². The smallest absolute Gasteiger partial charge is 0.0701 e. The van der Waals surface area contributed by atoms with E-state index in [9.17, 15) is 0 Å². The van der Waals surface area contributed by atoms with E-state index in [2.05, 4.69) is 0 Å². The van der Waals surface area contributed by atoms with Crippen LogP contribution in [0, 0.1) is 0 Å². The predicted octanol–water partition coefficient (Wildman–Crippen LogP) is 0.514. The summed E-state index contributed by atoms with van der Waals surface area (Å²) >= 11 is 0. The van der Waals surface area contributed by atoms with Crippen LogP contribution in [-0.2, 0) is 14.2 Å². The summed E-state index contributed by atoms with van der Waals surface area (Å²) in [4.78, 5) is 0. The van der Waals surface area contributed by atoms with E-state index in [0.29, 0.717) is 26.4 Å². The zero-order valence-electron chi connectivity index (χ0n) is 10.9. The average Bonchev–Trinajstić information content (AvgIpc) is 2.35. The lowest BCUT2D eigenvalue weighted by atomic mass is 10.3. The molecule has 4 N–H and O–H groups in total. The second kappa shape index (κ2) is 15.8. The molecule has 0 aliphatic rings. The molecule has 0 aromatic heterocycles. The molecule has 17 heavy (non-hydrogen) atoms. The van der Waals surface area contributed by atoms with Crippen molar-refractivity contribution < 1.29 is 14.2 Å². The molecule has 0 atom stereocenters. The van der Waals surface area contributed by atoms with Crippen molar-refractivity contribution in [2.45, 2.75) is 25.7 Å². The van der Waals surface area contributed by atoms with Crippen LogP contribution < -0.4 is 11.5 Å². The molecule has 0 radical (unpaired) electrons. The summed E-state index contributed by atoms with van der Waals surface area (Å²) < 4.78 is 16.1. The monoisotopic (exact) mass is 248 g/mol. The summed E-state index contributed by atoms with van der Waals surface area (Å²) in [6.07, 6.45) is 4.11. The Labute approximate surface area is 105 Å². The van der Waals surface area contributed by atoms with Gasteiger partial charge in [0.05, 0.1) is 26.4 Å². The highest BCUT2D eigenvalue weighted by Gasteiger charge is 1.92. The Morgan fingerprint density at radius 2 is 0.824 bits per heavy atom. The van der Waals surface area contributed by atoms with Gasteiger partial charge in [0.2, 0.25) is 0 Å². The molecule has 0 saturated heterocycles. The van der Waals surface area contributed by atoms with Gasteiger partial charge in [-0.15, -0.1) is 0 Å². The first-order valence-corrected chi connectivity index (χ1v) is 6.55. The zero-order valence-corrected chi connectivity index (χ0v) is 10.9. The van der Waals surface area contributed by atoms with Crippen molar-refractivity contribution >= 4 is 0 Å². The molecule has 104 valence electrons. The van der Waals surface area contributed by atoms with Crippen molar-refractivity contribution in [1.29, 1.82) is 0 Å². The zero-order chi connectivity index (χ0) is 12.6. The number of hydrogen-bond acceptors (Lipinski definition) is 5. The van der Waals surface area contributed by atoms with Crippen molar-refractivity contribution in [3.8, 4) is 0 Å². The minimum Gasteiger partial charge on any atom is -0.379 e. The largest absolute Gasteiger partial charge is 0.379 e. The molecule has 0 amide bonds. The summed E-state index contributed by atoms with van der Waals surface area (Å²) in [6.45, 7) is 5.59. The van der Waals surface area contributed by atoms with Gasteiger partial charge in [0.25, 0.3) is 0 Å². The highest BCUT2D eigenvalue weighted by molar-refractivity contribution is 4.40. The van der Waals surface area contributed by atoms with Crippen molar-refractivity contribution in [3.63, 3.8) is 0 Å². The lowest BCUT2D eigenvalue weighted by molar-refractivity contribution is 0.0135. The Morgan fingerprint density at radius 1 is 0.471 bits per heavy atom. The van der Waals surface area contributed by atoms with E-state index < -0.39 is 0 Å². The molecular weight excluding hydrogens is 220 g/mol. The molecule has 0 aromatic rings. The number of rotatable bonds is 14. The van der Waals surface area contributed by atoms with Crippen LogP contribution in [0.2, 0.25) is 0 Å². The summed E-state index contributed by atoms with van der Waals surface area (Å²) in [7, 11) is 0. The number of nitrogens with two attached hydrogens (primary N) is 2. The van der Waals surface area contributed by atoms with E-state index in [1.54, 1.807) is 0 Å². The second-order valence-corrected chi connectivity index (χ2v) is 3.83. The van der Waals surface area contributed by atoms with E-state index >= 15 is 0 Å². The standard InChI is InChI=1S/C12H28N2O3/c13-5-1-3-7-15-9-11-17-12-10-16-8-4-2-6-14/h1-14H2. The highest BCUT2D eigenvalue weighted by Crippen LogP contribution is 1.89. The fraction of sp³-hybridized carbons (Fsp3) is 1.00. The van der Waals surface area contributed by atoms with Crippen LogP contribution in [-0.4, -0.2) is 52.7 Å². The van der Waals surface area contributed by atoms with Crippen molar-refractivity contribution in [2.75, 3.05) is 52.7 Å². The van der Waals surface area contributed by atoms with Gasteiger partial charge in [-0.1, -0.05) is 0 Å². The normalized spacial score (nSPS) is 10.9. The summed E-state index contributed by atoms with van der Waals surface area (Å²) in [6, 6.07) is 0. The van der Waals surface area contributed by atoms with Crippen LogP contribution in [0.1, 0.15) is 25.7 Å². The third kappa shape index (κ3) is 15.8. The van der Waals surface area contributed by atoms with Gasteiger partial charge in [-0.05, 0) is 38.8 Å². The molecule has 0 aromatic carbocycles. The van der Waals surface area contributed by atoms with Crippen LogP contribution in [0.3, 0.4) is 0 Å². The highest BCUT2D eigenvalue weighted by atomic mass is 16.5. The first-order valence-electron chi connectivity index (χ1n) is 6.55. The fourth-order valence-corrected chi connectivity index (χ4v) is 1.24. The van der Waals surface area contributed by atoms with E-state index in [-0.39, 0.29) is 0 Å². The molecule has 0 aliphatic carbocycles. The number of hydrogen-bond donors (Lipinski definition) is 2. The Morgan fingerprint density at radius 3 is 1.18 bits per heavy atom. The lowest BCUT2D eigenvalue weighted by Gasteiger charge is -2.06. The third-order valence-corrected chi connectivity index (χ3v) is 2.23. The molecule has 0 unspecified atom stereocenters. The third-order valence-electron chi connectivity index (χ3n) is 2.23. The Balaban J connectivity index is 2.85. The van der Waals surface area contributed by atoms with Gasteiger partial charge in [0, 0.05) is 13.2 Å². The van der Waals surface area contributed by atoms with Crippen LogP contribution in [0.15, 0.2) is 0 Å². The first kappa shape index (κ1) is 16.8. The quantitative estimate of drug-likeness (QED) is 0.438. The van der Waals surface area contributed by atoms with Gasteiger partial charge in [-0.3, -0.25) is 0 Å². The predicted molar refractivity (Wildman–Crippen MR) is 69.0 cm³/mol. The molecule has 0 spiro atoms. The van der Waals surface area contributed by atoms with Crippen LogP contribution in [0.5, 0.6) is 0 Å². The number of unbranched alkanes of at least 4 members (excludes halogenated alkanes) is 2. The van der Waals surface area contributed by atoms with Crippen LogP contribution in [0.4, 0.5) is 0 Å². The molecule has 5 heteroatoms. The Hall–Kier alpha value is -0.200. The maximum absolute atomic E-state index is 5.37. The molecule has 0 rings (SSSR count). The van der Waals surface area contributed by atoms with Gasteiger partial charge < -0.3 is 25.7 Å². The summed E-state index contributed by atoms with van der Waals surface area (Å²) in [5, 5.41) is 0. The van der Waals surface area contributed by atoms with Crippen LogP contribution >= 0.6 is 0 Å². The molecule has 0 fully saturated rings. The van der Waals surface area contributed by atoms with Gasteiger partial charge in [-0.2, -0.15) is 0 Å². The topological polar surface area (TPSA) is 79.7 Å². The lowest BCUT2D eigenvalue weighted by Crippen LogP contribution is -2.11. The summed E-state index contributed by atoms with van der Waals surface area (Å²) in [5.41, 5.74) is 10.7. The molecular formula is C12H28N2O3. The van der Waals surface area contributed by atoms with Gasteiger partial charge in [-0.25, -0.2) is 0 Å². The van der Waals surface area contributed by atoms with Crippen LogP contribution in [0.25, 0.3) is 0 Å². The Kier molecular flexibility index (Phi) is 15.6. The molecule has 0 bridgehead atoms. The fourth-order valence-electron chi connectivity index (χ4n) is 1.24. The average molecular weight is 248 g/mol. The van der Waals surface area contributed by atoms with E-state index in [0.717, 1.165) is 52.0 Å². The maximum Gasteiger partial charge on any atom is 0.0701 e. The first-order chi connectivity index (χ1) is 8.41. The minimum absolute atomic E-state index is 0.634. The molecule has 5 nitrogen and oxygen atoms in total. The molecule has 0 saturated carbocycles. The SMILES string of the molecule is NCCCCOCCOCCOCCCCN. The van der Waals surface area contributed by atoms with Crippen molar-refractivity contribution in [3.05, 3.63) is 0 Å². The van der Waals surface area contributed by atoms with E-state index in [1.165, 1.54) is 0 Å². The van der Waals surface area contributed by atoms with Gasteiger partial charge in [0.15, 0.2) is 0 Å². The molecule has 0 aliphatic heterocycles. The van der Waals surface area contributed by atoms with E-state index in [1.807, 2.05) is 0 Å². The maximum atomic E-state index is 5.37. The van der Waals surface area contributed by atoms with Gasteiger partial charge in [0.1, 0.15) is 0 Å². The molecule has 0 heterocycles. The Bertz CT molecular complexity index is 123. The number of ether oxygens (including phenoxy) is 3.